The number of likely N-dealkylation sites (tertiary alicyclic amines) is 1. The lowest BCUT2D eigenvalue weighted by molar-refractivity contribution is -0.152. The summed E-state index contributed by atoms with van der Waals surface area (Å²) in [6.07, 6.45) is 4.60. The molecular weight excluding hydrogens is 330 g/mol. The van der Waals surface area contributed by atoms with E-state index in [1.54, 1.807) is 0 Å². The fraction of sp³-hybridized carbons (Fsp3) is 0.524. The number of allylic oxidation sites excluding steroid dienone is 1. The maximum Gasteiger partial charge on any atom is 0.309 e. The summed E-state index contributed by atoms with van der Waals surface area (Å²) in [6.45, 7) is 5.92. The Morgan fingerprint density at radius 1 is 1.15 bits per heavy atom. The number of hydrogen-bond acceptors (Lipinski definition) is 4. The first-order valence-corrected chi connectivity index (χ1v) is 9.40. The van der Waals surface area contributed by atoms with Crippen LogP contribution in [0, 0.1) is 23.7 Å². The van der Waals surface area contributed by atoms with E-state index in [9.17, 15) is 9.59 Å². The second-order valence-corrected chi connectivity index (χ2v) is 7.06. The van der Waals surface area contributed by atoms with Crippen molar-refractivity contribution in [2.75, 3.05) is 26.3 Å². The van der Waals surface area contributed by atoms with Crippen molar-refractivity contribution in [2.45, 2.75) is 20.3 Å². The van der Waals surface area contributed by atoms with Gasteiger partial charge in [0.15, 0.2) is 0 Å². The molecule has 140 valence electrons. The van der Waals surface area contributed by atoms with Crippen LogP contribution in [0.25, 0.3) is 0 Å². The van der Waals surface area contributed by atoms with Gasteiger partial charge in [-0.2, -0.15) is 0 Å². The first-order valence-electron chi connectivity index (χ1n) is 9.40. The SMILES string of the molecule is CCOC(=O)[C@@H]1[C@H]2CN(C(=O)CCOc3ccccc3)C[C@@H]2C=C[C@@H]1C. The van der Waals surface area contributed by atoms with Gasteiger partial charge in [0.2, 0.25) is 5.91 Å². The van der Waals surface area contributed by atoms with E-state index in [4.69, 9.17) is 9.47 Å². The van der Waals surface area contributed by atoms with Crippen LogP contribution in [0.1, 0.15) is 20.3 Å². The molecule has 0 aromatic heterocycles. The largest absolute Gasteiger partial charge is 0.493 e. The molecule has 26 heavy (non-hydrogen) atoms. The van der Waals surface area contributed by atoms with Crippen LogP contribution in [0.3, 0.4) is 0 Å². The number of esters is 1. The molecule has 0 spiro atoms. The molecule has 5 heteroatoms. The number of benzene rings is 1. The number of carbonyl (C=O) groups excluding carboxylic acids is 2. The number of nitrogens with zero attached hydrogens (tertiary/aromatic N) is 1. The molecule has 1 amide bonds. The normalized spacial score (nSPS) is 27.1. The first-order chi connectivity index (χ1) is 12.6. The fourth-order valence-corrected chi connectivity index (χ4v) is 4.03. The van der Waals surface area contributed by atoms with Gasteiger partial charge in [-0.25, -0.2) is 0 Å². The van der Waals surface area contributed by atoms with Crippen LogP contribution in [-0.2, 0) is 14.3 Å². The summed E-state index contributed by atoms with van der Waals surface area (Å²) in [5.74, 6) is 1.08. The first kappa shape index (κ1) is 18.5. The smallest absolute Gasteiger partial charge is 0.309 e. The van der Waals surface area contributed by atoms with Crippen LogP contribution in [0.2, 0.25) is 0 Å². The highest BCUT2D eigenvalue weighted by Gasteiger charge is 2.45. The zero-order valence-electron chi connectivity index (χ0n) is 15.5. The van der Waals surface area contributed by atoms with Crippen molar-refractivity contribution in [1.82, 2.24) is 4.90 Å². The molecule has 5 nitrogen and oxygen atoms in total. The van der Waals surface area contributed by atoms with Gasteiger partial charge >= 0.3 is 5.97 Å². The van der Waals surface area contributed by atoms with E-state index in [2.05, 4.69) is 12.2 Å². The van der Waals surface area contributed by atoms with Gasteiger partial charge in [-0.15, -0.1) is 0 Å². The minimum absolute atomic E-state index is 0.0824. The quantitative estimate of drug-likeness (QED) is 0.580. The zero-order valence-corrected chi connectivity index (χ0v) is 15.5. The third-order valence-corrected chi connectivity index (χ3v) is 5.34. The fourth-order valence-electron chi connectivity index (χ4n) is 4.03. The average molecular weight is 357 g/mol. The van der Waals surface area contributed by atoms with Crippen molar-refractivity contribution in [3.05, 3.63) is 42.5 Å². The van der Waals surface area contributed by atoms with Gasteiger partial charge in [0.1, 0.15) is 5.75 Å². The third kappa shape index (κ3) is 4.09. The molecule has 4 atom stereocenters. The molecule has 3 rings (SSSR count). The molecule has 1 aliphatic heterocycles. The van der Waals surface area contributed by atoms with Crippen LogP contribution in [0.15, 0.2) is 42.5 Å². The lowest BCUT2D eigenvalue weighted by Gasteiger charge is -2.31. The second kappa shape index (κ2) is 8.39. The van der Waals surface area contributed by atoms with Crippen molar-refractivity contribution < 1.29 is 19.1 Å². The standard InChI is InChI=1S/C21H27NO4/c1-3-25-21(24)20-15(2)9-10-16-13-22(14-18(16)20)19(23)11-12-26-17-7-5-4-6-8-17/h4-10,15-16,18,20H,3,11-14H2,1-2H3/t15-,16-,18-,20-/m0/s1. The van der Waals surface area contributed by atoms with Gasteiger partial charge in [-0.3, -0.25) is 9.59 Å². The Balaban J connectivity index is 1.55. The molecule has 2 aliphatic rings. The minimum Gasteiger partial charge on any atom is -0.493 e. The van der Waals surface area contributed by atoms with Crippen molar-refractivity contribution in [3.8, 4) is 5.75 Å². The number of ether oxygens (including phenoxy) is 2. The predicted octanol–water partition coefficient (Wildman–Crippen LogP) is 2.92. The molecule has 1 aromatic carbocycles. The van der Waals surface area contributed by atoms with Crippen LogP contribution >= 0.6 is 0 Å². The topological polar surface area (TPSA) is 55.8 Å². The van der Waals surface area contributed by atoms with Crippen molar-refractivity contribution >= 4 is 11.9 Å². The highest BCUT2D eigenvalue weighted by Crippen LogP contribution is 2.40. The highest BCUT2D eigenvalue weighted by molar-refractivity contribution is 5.78. The van der Waals surface area contributed by atoms with E-state index in [-0.39, 0.29) is 35.5 Å². The maximum absolute atomic E-state index is 12.6. The van der Waals surface area contributed by atoms with Gasteiger partial charge in [-0.05, 0) is 36.8 Å². The molecule has 1 aromatic rings. The maximum atomic E-state index is 12.6. The molecule has 0 radical (unpaired) electrons. The van der Waals surface area contributed by atoms with E-state index in [0.29, 0.717) is 32.7 Å². The van der Waals surface area contributed by atoms with E-state index in [0.717, 1.165) is 5.75 Å². The van der Waals surface area contributed by atoms with Crippen LogP contribution in [0.4, 0.5) is 0 Å². The Kier molecular flexibility index (Phi) is 5.96. The molecule has 1 heterocycles. The van der Waals surface area contributed by atoms with Crippen molar-refractivity contribution in [3.63, 3.8) is 0 Å². The molecule has 0 saturated carbocycles. The van der Waals surface area contributed by atoms with Gasteiger partial charge < -0.3 is 14.4 Å². The van der Waals surface area contributed by atoms with E-state index >= 15 is 0 Å². The van der Waals surface area contributed by atoms with Gasteiger partial charge in [0.25, 0.3) is 0 Å². The number of rotatable bonds is 6. The zero-order chi connectivity index (χ0) is 18.5. The lowest BCUT2D eigenvalue weighted by atomic mass is 9.72. The third-order valence-electron chi connectivity index (χ3n) is 5.34. The van der Waals surface area contributed by atoms with E-state index < -0.39 is 0 Å². The van der Waals surface area contributed by atoms with Crippen molar-refractivity contribution in [1.29, 1.82) is 0 Å². The van der Waals surface area contributed by atoms with E-state index in [1.165, 1.54) is 0 Å². The van der Waals surface area contributed by atoms with Crippen molar-refractivity contribution in [2.24, 2.45) is 23.7 Å². The Hall–Kier alpha value is -2.30. The summed E-state index contributed by atoms with van der Waals surface area (Å²) in [5, 5.41) is 0. The number of fused-ring (bicyclic) bond motifs is 1. The molecule has 0 unspecified atom stereocenters. The number of para-hydroxylation sites is 1. The summed E-state index contributed by atoms with van der Waals surface area (Å²) in [7, 11) is 0. The predicted molar refractivity (Wildman–Crippen MR) is 98.5 cm³/mol. The summed E-state index contributed by atoms with van der Waals surface area (Å²) >= 11 is 0. The molecule has 0 N–H and O–H groups in total. The Morgan fingerprint density at radius 2 is 1.92 bits per heavy atom. The van der Waals surface area contributed by atoms with Gasteiger partial charge in [-0.1, -0.05) is 37.3 Å². The molecule has 1 saturated heterocycles. The van der Waals surface area contributed by atoms with Gasteiger partial charge in [0.05, 0.1) is 25.6 Å². The summed E-state index contributed by atoms with van der Waals surface area (Å²) < 4.78 is 10.9. The molecule has 1 aliphatic carbocycles. The van der Waals surface area contributed by atoms with Crippen LogP contribution in [0.5, 0.6) is 5.75 Å². The molecular formula is C21H27NO4. The van der Waals surface area contributed by atoms with E-state index in [1.807, 2.05) is 49.1 Å². The molecule has 1 fully saturated rings. The Morgan fingerprint density at radius 3 is 2.65 bits per heavy atom. The second-order valence-electron chi connectivity index (χ2n) is 7.06. The minimum atomic E-state index is -0.164. The Bertz CT molecular complexity index is 657. The monoisotopic (exact) mass is 357 g/mol. The Labute approximate surface area is 155 Å². The summed E-state index contributed by atoms with van der Waals surface area (Å²) in [4.78, 5) is 26.8. The molecule has 0 bridgehead atoms. The highest BCUT2D eigenvalue weighted by atomic mass is 16.5. The number of hydrogen-bond donors (Lipinski definition) is 0. The van der Waals surface area contributed by atoms with Gasteiger partial charge in [0, 0.05) is 13.1 Å². The number of amides is 1. The average Bonchev–Trinajstić information content (AvgIpc) is 3.06. The summed E-state index contributed by atoms with van der Waals surface area (Å²) in [5.41, 5.74) is 0. The summed E-state index contributed by atoms with van der Waals surface area (Å²) in [6, 6.07) is 9.51. The number of carbonyl (C=O) groups is 2. The lowest BCUT2D eigenvalue weighted by Crippen LogP contribution is -2.37. The van der Waals surface area contributed by atoms with Crippen LogP contribution in [-0.4, -0.2) is 43.1 Å². The van der Waals surface area contributed by atoms with Crippen LogP contribution < -0.4 is 4.74 Å².